The summed E-state index contributed by atoms with van der Waals surface area (Å²) in [7, 11) is 1.01. The van der Waals surface area contributed by atoms with Crippen LogP contribution in [0.2, 0.25) is 0 Å². The Kier molecular flexibility index (Phi) is 8.40. The second-order valence-corrected chi connectivity index (χ2v) is 9.22. The van der Waals surface area contributed by atoms with Crippen LogP contribution in [-0.2, 0) is 14.8 Å². The van der Waals surface area contributed by atoms with Crippen molar-refractivity contribution in [2.75, 3.05) is 44.6 Å². The third-order valence-corrected chi connectivity index (χ3v) is 7.05. The van der Waals surface area contributed by atoms with Gasteiger partial charge in [0.15, 0.2) is 16.4 Å². The van der Waals surface area contributed by atoms with Gasteiger partial charge in [-0.15, -0.1) is 0 Å². The maximum absolute atomic E-state index is 13.8. The average Bonchev–Trinajstić information content (AvgIpc) is 2.91. The van der Waals surface area contributed by atoms with Crippen molar-refractivity contribution in [1.82, 2.24) is 0 Å². The van der Waals surface area contributed by atoms with Gasteiger partial charge in [0.2, 0.25) is 5.91 Å². The highest BCUT2D eigenvalue weighted by Crippen LogP contribution is 2.37. The topological polar surface area (TPSA) is 147 Å². The molecule has 0 aliphatic rings. The summed E-state index contributed by atoms with van der Waals surface area (Å²) in [5.74, 6) is 0.497. The van der Waals surface area contributed by atoms with E-state index in [0.717, 1.165) is 16.4 Å². The molecular weight excluding hydrogens is 506 g/mol. The third-order valence-electron chi connectivity index (χ3n) is 5.24. The smallest absolute Gasteiger partial charge is 0.289 e. The average molecular weight is 532 g/mol. The van der Waals surface area contributed by atoms with E-state index in [9.17, 15) is 23.3 Å². The van der Waals surface area contributed by atoms with Crippen molar-refractivity contribution in [1.29, 1.82) is 0 Å². The number of anilines is 2. The lowest BCUT2D eigenvalue weighted by Gasteiger charge is -2.26. The Bertz CT molecular complexity index is 1410. The Hall–Kier alpha value is -4.52. The highest BCUT2D eigenvalue weighted by molar-refractivity contribution is 7.93. The Morgan fingerprint density at radius 2 is 1.57 bits per heavy atom. The molecule has 37 heavy (non-hydrogen) atoms. The van der Waals surface area contributed by atoms with Gasteiger partial charge in [0.25, 0.3) is 15.7 Å². The fourth-order valence-corrected chi connectivity index (χ4v) is 5.07. The first-order chi connectivity index (χ1) is 17.7. The Labute approximate surface area is 213 Å². The molecule has 0 heterocycles. The van der Waals surface area contributed by atoms with Gasteiger partial charge in [-0.2, -0.15) is 0 Å². The number of amides is 1. The first-order valence-corrected chi connectivity index (χ1v) is 12.1. The number of para-hydroxylation sites is 1. The zero-order valence-corrected chi connectivity index (χ0v) is 21.3. The lowest BCUT2D eigenvalue weighted by atomic mass is 10.2. The minimum atomic E-state index is -4.63. The van der Waals surface area contributed by atoms with Gasteiger partial charge >= 0.3 is 0 Å². The number of sulfonamides is 1. The molecule has 1 N–H and O–H groups in total. The molecule has 0 saturated heterocycles. The summed E-state index contributed by atoms with van der Waals surface area (Å²) in [5.41, 5.74) is -0.350. The van der Waals surface area contributed by atoms with Crippen LogP contribution in [0, 0.1) is 10.1 Å². The van der Waals surface area contributed by atoms with E-state index in [1.165, 1.54) is 64.8 Å². The van der Waals surface area contributed by atoms with Crippen LogP contribution in [0.4, 0.5) is 17.1 Å². The Morgan fingerprint density at radius 1 is 0.892 bits per heavy atom. The first-order valence-electron chi connectivity index (χ1n) is 10.7. The summed E-state index contributed by atoms with van der Waals surface area (Å²) in [4.78, 5) is 23.3. The quantitative estimate of drug-likeness (QED) is 0.290. The highest BCUT2D eigenvalue weighted by Gasteiger charge is 2.34. The molecule has 3 aromatic carbocycles. The van der Waals surface area contributed by atoms with Crippen molar-refractivity contribution < 1.29 is 37.1 Å². The van der Waals surface area contributed by atoms with E-state index in [1.807, 2.05) is 0 Å². The number of nitrogens with zero attached hydrogens (tertiary/aromatic N) is 2. The standard InChI is InChI=1S/C24H25N3O9S/c1-33-17-10-11-18(21(14-17)35-3)26(37(31,32)23-8-6-5-7-19(23)27(29)30)15-24(28)25-16-9-12-20(34-2)22(13-16)36-4/h5-14H,15H2,1-4H3,(H,25,28). The number of nitro groups is 1. The molecular formula is C24H25N3O9S. The number of nitro benzene ring substituents is 1. The predicted octanol–water partition coefficient (Wildman–Crippen LogP) is 3.46. The fourth-order valence-electron chi connectivity index (χ4n) is 3.48. The van der Waals surface area contributed by atoms with Crippen molar-refractivity contribution in [2.24, 2.45) is 0 Å². The van der Waals surface area contributed by atoms with E-state index >= 15 is 0 Å². The van der Waals surface area contributed by atoms with Crippen LogP contribution in [0.1, 0.15) is 0 Å². The molecule has 0 unspecified atom stereocenters. The molecule has 0 aliphatic heterocycles. The van der Waals surface area contributed by atoms with Crippen LogP contribution in [-0.4, -0.2) is 54.2 Å². The monoisotopic (exact) mass is 531 g/mol. The maximum Gasteiger partial charge on any atom is 0.289 e. The molecule has 3 aromatic rings. The van der Waals surface area contributed by atoms with Crippen molar-refractivity contribution in [3.05, 3.63) is 70.8 Å². The van der Waals surface area contributed by atoms with Crippen LogP contribution in [0.15, 0.2) is 65.6 Å². The minimum Gasteiger partial charge on any atom is -0.497 e. The third kappa shape index (κ3) is 5.83. The van der Waals surface area contributed by atoms with E-state index in [-0.39, 0.29) is 11.4 Å². The van der Waals surface area contributed by atoms with Gasteiger partial charge in [0.1, 0.15) is 18.0 Å². The molecule has 0 saturated carbocycles. The molecule has 0 spiro atoms. The molecule has 0 aromatic heterocycles. The largest absolute Gasteiger partial charge is 0.497 e. The summed E-state index contributed by atoms with van der Waals surface area (Å²) >= 11 is 0. The molecule has 0 bridgehead atoms. The number of rotatable bonds is 11. The second kappa shape index (κ2) is 11.5. The SMILES string of the molecule is COc1ccc(N(CC(=O)Nc2ccc(OC)c(OC)c2)S(=O)(=O)c2ccccc2[N+](=O)[O-])c(OC)c1. The van der Waals surface area contributed by atoms with E-state index in [0.29, 0.717) is 22.9 Å². The Morgan fingerprint density at radius 3 is 2.19 bits per heavy atom. The number of benzene rings is 3. The number of carbonyl (C=O) groups excluding carboxylic acids is 1. The molecule has 1 amide bonds. The van der Waals surface area contributed by atoms with E-state index in [2.05, 4.69) is 5.32 Å². The number of carbonyl (C=O) groups is 1. The molecule has 13 heteroatoms. The summed E-state index contributed by atoms with van der Waals surface area (Å²) in [6.07, 6.45) is 0. The van der Waals surface area contributed by atoms with Crippen LogP contribution in [0.25, 0.3) is 0 Å². The van der Waals surface area contributed by atoms with E-state index < -0.39 is 38.0 Å². The van der Waals surface area contributed by atoms with Gasteiger partial charge < -0.3 is 24.3 Å². The van der Waals surface area contributed by atoms with Gasteiger partial charge in [0.05, 0.1) is 39.0 Å². The van der Waals surface area contributed by atoms with Crippen molar-refractivity contribution in [3.8, 4) is 23.0 Å². The highest BCUT2D eigenvalue weighted by atomic mass is 32.2. The van der Waals surface area contributed by atoms with E-state index in [4.69, 9.17) is 18.9 Å². The van der Waals surface area contributed by atoms with Gasteiger partial charge in [-0.05, 0) is 30.3 Å². The molecule has 3 rings (SSSR count). The number of hydrogen-bond donors (Lipinski definition) is 1. The molecule has 12 nitrogen and oxygen atoms in total. The van der Waals surface area contributed by atoms with Crippen LogP contribution >= 0.6 is 0 Å². The number of methoxy groups -OCH3 is 4. The minimum absolute atomic E-state index is 0.0242. The van der Waals surface area contributed by atoms with E-state index in [1.54, 1.807) is 12.1 Å². The second-order valence-electron chi connectivity index (χ2n) is 7.39. The molecule has 196 valence electrons. The van der Waals surface area contributed by atoms with Crippen molar-refractivity contribution >= 4 is 33.0 Å². The Balaban J connectivity index is 2.08. The molecule has 0 atom stereocenters. The van der Waals surface area contributed by atoms with Gasteiger partial charge in [-0.1, -0.05) is 12.1 Å². The van der Waals surface area contributed by atoms with Gasteiger partial charge in [-0.25, -0.2) is 8.42 Å². The zero-order chi connectivity index (χ0) is 27.2. The summed E-state index contributed by atoms with van der Waals surface area (Å²) in [6, 6.07) is 13.8. The lowest BCUT2D eigenvalue weighted by Crippen LogP contribution is -2.38. The van der Waals surface area contributed by atoms with Crippen molar-refractivity contribution in [2.45, 2.75) is 4.90 Å². The van der Waals surface area contributed by atoms with Gasteiger partial charge in [0, 0.05) is 23.9 Å². The normalized spacial score (nSPS) is 10.8. The lowest BCUT2D eigenvalue weighted by molar-refractivity contribution is -0.387. The van der Waals surface area contributed by atoms with Crippen molar-refractivity contribution in [3.63, 3.8) is 0 Å². The summed E-state index contributed by atoms with van der Waals surface area (Å²) in [6.45, 7) is -0.731. The van der Waals surface area contributed by atoms with Crippen LogP contribution in [0.5, 0.6) is 23.0 Å². The number of nitrogens with one attached hydrogen (secondary N) is 1. The van der Waals surface area contributed by atoms with Gasteiger partial charge in [-0.3, -0.25) is 19.2 Å². The van der Waals surface area contributed by atoms with Crippen LogP contribution < -0.4 is 28.6 Å². The maximum atomic E-state index is 13.8. The number of hydrogen-bond acceptors (Lipinski definition) is 9. The molecule has 0 aliphatic carbocycles. The number of ether oxygens (including phenoxy) is 4. The predicted molar refractivity (Wildman–Crippen MR) is 135 cm³/mol. The fraction of sp³-hybridized carbons (Fsp3) is 0.208. The molecule has 0 fully saturated rings. The zero-order valence-electron chi connectivity index (χ0n) is 20.5. The van der Waals surface area contributed by atoms with Crippen LogP contribution in [0.3, 0.4) is 0 Å². The summed E-state index contributed by atoms with van der Waals surface area (Å²) in [5, 5.41) is 14.2. The molecule has 0 radical (unpaired) electrons. The summed E-state index contributed by atoms with van der Waals surface area (Å²) < 4.78 is 49.2. The first kappa shape index (κ1) is 27.1.